The van der Waals surface area contributed by atoms with Crippen molar-refractivity contribution in [2.45, 2.75) is 39.7 Å². The zero-order chi connectivity index (χ0) is 12.1. The predicted molar refractivity (Wildman–Crippen MR) is 67.0 cm³/mol. The van der Waals surface area contributed by atoms with E-state index >= 15 is 0 Å². The Balaban J connectivity index is 2.82. The highest BCUT2D eigenvalue weighted by Crippen LogP contribution is 2.24. The summed E-state index contributed by atoms with van der Waals surface area (Å²) in [6.45, 7) is 6.20. The smallest absolute Gasteiger partial charge is 0.130 e. The molecule has 1 N–H and O–H groups in total. The zero-order valence-corrected chi connectivity index (χ0v) is 10.7. The Kier molecular flexibility index (Phi) is 4.94. The van der Waals surface area contributed by atoms with Crippen LogP contribution in [-0.2, 0) is 0 Å². The van der Waals surface area contributed by atoms with Gasteiger partial charge in [0, 0.05) is 11.6 Å². The van der Waals surface area contributed by atoms with Crippen molar-refractivity contribution in [3.05, 3.63) is 35.1 Å². The van der Waals surface area contributed by atoms with Gasteiger partial charge in [0.05, 0.1) is 0 Å². The van der Waals surface area contributed by atoms with Crippen molar-refractivity contribution in [1.82, 2.24) is 5.32 Å². The summed E-state index contributed by atoms with van der Waals surface area (Å²) < 4.78 is 13.9. The number of benzene rings is 1. The van der Waals surface area contributed by atoms with Gasteiger partial charge in [0.1, 0.15) is 5.82 Å². The minimum Gasteiger partial charge on any atom is -0.313 e. The average molecular weight is 223 g/mol. The van der Waals surface area contributed by atoms with Crippen molar-refractivity contribution in [1.29, 1.82) is 0 Å². The lowest BCUT2D eigenvalue weighted by Gasteiger charge is -2.19. The Morgan fingerprint density at radius 2 is 1.94 bits per heavy atom. The van der Waals surface area contributed by atoms with E-state index in [2.05, 4.69) is 19.2 Å². The van der Waals surface area contributed by atoms with Crippen LogP contribution in [0.2, 0.25) is 0 Å². The summed E-state index contributed by atoms with van der Waals surface area (Å²) >= 11 is 0. The lowest BCUT2D eigenvalue weighted by molar-refractivity contribution is 0.448. The maximum absolute atomic E-state index is 13.9. The van der Waals surface area contributed by atoms with Crippen LogP contribution < -0.4 is 5.32 Å². The maximum atomic E-state index is 13.9. The molecule has 1 aromatic carbocycles. The molecule has 16 heavy (non-hydrogen) atoms. The molecule has 0 aromatic heterocycles. The summed E-state index contributed by atoms with van der Waals surface area (Å²) in [5, 5.41) is 3.20. The molecule has 0 bridgehead atoms. The highest BCUT2D eigenvalue weighted by molar-refractivity contribution is 5.27. The van der Waals surface area contributed by atoms with Gasteiger partial charge in [-0.2, -0.15) is 0 Å². The van der Waals surface area contributed by atoms with E-state index in [1.807, 2.05) is 32.2 Å². The SMILES string of the molecule is CNC(CCC(C)C)c1cccc(C)c1F. The molecule has 0 spiro atoms. The molecule has 1 aromatic rings. The Morgan fingerprint density at radius 1 is 1.25 bits per heavy atom. The molecule has 2 heteroatoms. The van der Waals surface area contributed by atoms with Crippen molar-refractivity contribution < 1.29 is 4.39 Å². The van der Waals surface area contributed by atoms with Crippen LogP contribution in [-0.4, -0.2) is 7.05 Å². The molecule has 0 amide bonds. The Labute approximate surface area is 98.1 Å². The van der Waals surface area contributed by atoms with Crippen LogP contribution in [0.25, 0.3) is 0 Å². The molecule has 0 radical (unpaired) electrons. The molecule has 0 heterocycles. The number of rotatable bonds is 5. The molecule has 0 aliphatic carbocycles. The summed E-state index contributed by atoms with van der Waals surface area (Å²) in [5.74, 6) is 0.592. The summed E-state index contributed by atoms with van der Waals surface area (Å²) in [6, 6.07) is 5.74. The van der Waals surface area contributed by atoms with Crippen molar-refractivity contribution in [2.24, 2.45) is 5.92 Å². The van der Waals surface area contributed by atoms with E-state index in [-0.39, 0.29) is 11.9 Å². The molecular formula is C14H22FN. The van der Waals surface area contributed by atoms with Gasteiger partial charge in [-0.15, -0.1) is 0 Å². The Hall–Kier alpha value is -0.890. The van der Waals surface area contributed by atoms with E-state index in [1.54, 1.807) is 0 Å². The molecule has 1 unspecified atom stereocenters. The highest BCUT2D eigenvalue weighted by atomic mass is 19.1. The molecule has 0 saturated carbocycles. The molecule has 0 aliphatic heterocycles. The molecule has 0 fully saturated rings. The molecule has 90 valence electrons. The first kappa shape index (κ1) is 13.2. The van der Waals surface area contributed by atoms with E-state index in [9.17, 15) is 4.39 Å². The molecule has 1 nitrogen and oxygen atoms in total. The minimum atomic E-state index is -0.0643. The number of nitrogens with one attached hydrogen (secondary N) is 1. The standard InChI is InChI=1S/C14H22FN/c1-10(2)8-9-13(16-4)12-7-5-6-11(3)14(12)15/h5-7,10,13,16H,8-9H2,1-4H3. The summed E-state index contributed by atoms with van der Waals surface area (Å²) in [7, 11) is 1.90. The largest absolute Gasteiger partial charge is 0.313 e. The Morgan fingerprint density at radius 3 is 2.50 bits per heavy atom. The van der Waals surface area contributed by atoms with Gasteiger partial charge in [-0.3, -0.25) is 0 Å². The molecule has 0 aliphatic rings. The second-order valence-corrected chi connectivity index (χ2v) is 4.79. The van der Waals surface area contributed by atoms with E-state index in [0.717, 1.165) is 24.0 Å². The maximum Gasteiger partial charge on any atom is 0.130 e. The third-order valence-electron chi connectivity index (χ3n) is 2.98. The van der Waals surface area contributed by atoms with Gasteiger partial charge in [0.25, 0.3) is 0 Å². The van der Waals surface area contributed by atoms with Crippen molar-refractivity contribution >= 4 is 0 Å². The van der Waals surface area contributed by atoms with Gasteiger partial charge in [-0.25, -0.2) is 4.39 Å². The van der Waals surface area contributed by atoms with Crippen molar-refractivity contribution in [2.75, 3.05) is 7.05 Å². The fourth-order valence-electron chi connectivity index (χ4n) is 1.89. The monoisotopic (exact) mass is 223 g/mol. The van der Waals surface area contributed by atoms with Gasteiger partial charge in [-0.05, 0) is 38.3 Å². The topological polar surface area (TPSA) is 12.0 Å². The quantitative estimate of drug-likeness (QED) is 0.800. The Bertz CT molecular complexity index is 334. The van der Waals surface area contributed by atoms with Crippen LogP contribution in [0, 0.1) is 18.7 Å². The lowest BCUT2D eigenvalue weighted by Crippen LogP contribution is -2.18. The molecular weight excluding hydrogens is 201 g/mol. The summed E-state index contributed by atoms with van der Waals surface area (Å²) in [4.78, 5) is 0. The first-order valence-corrected chi connectivity index (χ1v) is 5.98. The fraction of sp³-hybridized carbons (Fsp3) is 0.571. The number of aryl methyl sites for hydroxylation is 1. The van der Waals surface area contributed by atoms with Gasteiger partial charge in [0.2, 0.25) is 0 Å². The average Bonchev–Trinajstić information content (AvgIpc) is 2.24. The van der Waals surface area contributed by atoms with Crippen LogP contribution >= 0.6 is 0 Å². The van der Waals surface area contributed by atoms with Crippen LogP contribution in [0.4, 0.5) is 4.39 Å². The first-order valence-electron chi connectivity index (χ1n) is 5.98. The minimum absolute atomic E-state index is 0.0643. The van der Waals surface area contributed by atoms with Gasteiger partial charge >= 0.3 is 0 Å². The van der Waals surface area contributed by atoms with E-state index in [4.69, 9.17) is 0 Å². The fourth-order valence-corrected chi connectivity index (χ4v) is 1.89. The van der Waals surface area contributed by atoms with Crippen LogP contribution in [0.5, 0.6) is 0 Å². The van der Waals surface area contributed by atoms with Crippen LogP contribution in [0.3, 0.4) is 0 Å². The van der Waals surface area contributed by atoms with E-state index in [0.29, 0.717) is 5.92 Å². The van der Waals surface area contributed by atoms with Crippen LogP contribution in [0.15, 0.2) is 18.2 Å². The number of halogens is 1. The highest BCUT2D eigenvalue weighted by Gasteiger charge is 2.15. The number of hydrogen-bond acceptors (Lipinski definition) is 1. The van der Waals surface area contributed by atoms with E-state index < -0.39 is 0 Å². The third-order valence-corrected chi connectivity index (χ3v) is 2.98. The molecule has 1 rings (SSSR count). The summed E-state index contributed by atoms with van der Waals surface area (Å²) in [6.07, 6.45) is 2.09. The molecule has 1 atom stereocenters. The van der Waals surface area contributed by atoms with Crippen LogP contribution in [0.1, 0.15) is 43.9 Å². The van der Waals surface area contributed by atoms with Gasteiger partial charge in [-0.1, -0.05) is 32.0 Å². The van der Waals surface area contributed by atoms with Crippen molar-refractivity contribution in [3.63, 3.8) is 0 Å². The second-order valence-electron chi connectivity index (χ2n) is 4.79. The van der Waals surface area contributed by atoms with Gasteiger partial charge in [0.15, 0.2) is 0 Å². The van der Waals surface area contributed by atoms with E-state index in [1.165, 1.54) is 0 Å². The second kappa shape index (κ2) is 6.00. The zero-order valence-electron chi connectivity index (χ0n) is 10.7. The van der Waals surface area contributed by atoms with Crippen molar-refractivity contribution in [3.8, 4) is 0 Å². The normalized spacial score (nSPS) is 13.1. The predicted octanol–water partition coefficient (Wildman–Crippen LogP) is 3.83. The molecule has 0 saturated heterocycles. The van der Waals surface area contributed by atoms with Gasteiger partial charge < -0.3 is 5.32 Å². The lowest BCUT2D eigenvalue weighted by atomic mass is 9.96. The summed E-state index contributed by atoms with van der Waals surface area (Å²) in [5.41, 5.74) is 1.52. The number of hydrogen-bond donors (Lipinski definition) is 1. The third kappa shape index (κ3) is 3.31. The first-order chi connectivity index (χ1) is 7.56.